The highest BCUT2D eigenvalue weighted by Crippen LogP contribution is 2.33. The summed E-state index contributed by atoms with van der Waals surface area (Å²) in [5.41, 5.74) is 0. The van der Waals surface area contributed by atoms with Crippen molar-refractivity contribution in [2.24, 2.45) is 11.8 Å². The van der Waals surface area contributed by atoms with Crippen LogP contribution in [0.3, 0.4) is 0 Å². The molecule has 0 bridgehead atoms. The first kappa shape index (κ1) is 21.1. The van der Waals surface area contributed by atoms with Gasteiger partial charge in [0.25, 0.3) is 5.97 Å². The van der Waals surface area contributed by atoms with E-state index in [9.17, 15) is 4.79 Å². The summed E-state index contributed by atoms with van der Waals surface area (Å²) in [6, 6.07) is 0. The van der Waals surface area contributed by atoms with E-state index in [1.807, 2.05) is 0 Å². The van der Waals surface area contributed by atoms with Gasteiger partial charge in [0, 0.05) is 0 Å². The van der Waals surface area contributed by atoms with Crippen LogP contribution in [0.4, 0.5) is 0 Å². The highest BCUT2D eigenvalue weighted by molar-refractivity contribution is 6.89. The van der Waals surface area contributed by atoms with Gasteiger partial charge >= 0.3 is 0 Å². The minimum absolute atomic E-state index is 0.0786. The Balaban J connectivity index is 2.57. The minimum Gasteiger partial charge on any atom is -0.520 e. The van der Waals surface area contributed by atoms with Crippen LogP contribution in [-0.4, -0.2) is 41.5 Å². The van der Waals surface area contributed by atoms with Gasteiger partial charge in [-0.1, -0.05) is 39.3 Å². The summed E-state index contributed by atoms with van der Waals surface area (Å²) in [5, 5.41) is 0. The van der Waals surface area contributed by atoms with Crippen molar-refractivity contribution in [2.45, 2.75) is 84.6 Å². The van der Waals surface area contributed by atoms with Crippen LogP contribution in [0.2, 0.25) is 58.9 Å². The second-order valence-corrected chi connectivity index (χ2v) is 24.8. The fraction of sp³-hybridized carbons (Fsp3) is 0.941. The quantitative estimate of drug-likeness (QED) is 0.603. The van der Waals surface area contributed by atoms with Gasteiger partial charge in [0.1, 0.15) is 16.5 Å². The molecule has 6 heteroatoms. The number of nitrogens with zero attached hydrogens (tertiary/aromatic N) is 1. The molecular weight excluding hydrogens is 334 g/mol. The Bertz CT molecular complexity index is 386. The first-order valence-corrected chi connectivity index (χ1v) is 19.5. The van der Waals surface area contributed by atoms with Gasteiger partial charge in [-0.15, -0.1) is 0 Å². The summed E-state index contributed by atoms with van der Waals surface area (Å²) in [4.78, 5) is 12.3. The van der Waals surface area contributed by atoms with Gasteiger partial charge in [0.15, 0.2) is 0 Å². The van der Waals surface area contributed by atoms with Crippen LogP contribution in [0.25, 0.3) is 0 Å². The zero-order valence-electron chi connectivity index (χ0n) is 17.0. The molecule has 0 heterocycles. The van der Waals surface area contributed by atoms with Crippen LogP contribution in [0, 0.1) is 11.8 Å². The topological polar surface area (TPSA) is 29.5 Å². The summed E-state index contributed by atoms with van der Waals surface area (Å²) in [6.07, 6.45) is 4.44. The van der Waals surface area contributed by atoms with Crippen molar-refractivity contribution in [1.82, 2.24) is 4.23 Å². The molecule has 1 fully saturated rings. The number of carbonyl (C=O) groups is 1. The first-order valence-electron chi connectivity index (χ1n) is 9.21. The van der Waals surface area contributed by atoms with E-state index in [0.717, 1.165) is 18.8 Å². The van der Waals surface area contributed by atoms with Crippen molar-refractivity contribution in [3.05, 3.63) is 0 Å². The van der Waals surface area contributed by atoms with Crippen molar-refractivity contribution in [3.8, 4) is 0 Å². The van der Waals surface area contributed by atoms with Crippen LogP contribution < -0.4 is 0 Å². The van der Waals surface area contributed by atoms with Crippen molar-refractivity contribution < 1.29 is 9.22 Å². The zero-order valence-corrected chi connectivity index (χ0v) is 20.0. The molecule has 0 atom stereocenters. The third-order valence-electron chi connectivity index (χ3n) is 4.65. The highest BCUT2D eigenvalue weighted by atomic mass is 28.4. The third-order valence-corrected chi connectivity index (χ3v) is 13.1. The molecule has 0 N–H and O–H groups in total. The molecule has 0 spiro atoms. The highest BCUT2D eigenvalue weighted by Gasteiger charge is 2.37. The van der Waals surface area contributed by atoms with Crippen LogP contribution in [0.15, 0.2) is 0 Å². The zero-order chi connectivity index (χ0) is 18.1. The van der Waals surface area contributed by atoms with Gasteiger partial charge in [-0.05, 0) is 57.8 Å². The predicted octanol–water partition coefficient (Wildman–Crippen LogP) is 5.14. The van der Waals surface area contributed by atoms with Crippen LogP contribution in [0.5, 0.6) is 0 Å². The van der Waals surface area contributed by atoms with Gasteiger partial charge in [0.05, 0.1) is 5.92 Å². The molecule has 0 radical (unpaired) electrons. The lowest BCUT2D eigenvalue weighted by Gasteiger charge is -2.46. The smallest absolute Gasteiger partial charge is 0.295 e. The average molecular weight is 374 g/mol. The van der Waals surface area contributed by atoms with E-state index in [4.69, 9.17) is 4.43 Å². The van der Waals surface area contributed by atoms with Gasteiger partial charge in [-0.2, -0.15) is 0 Å². The largest absolute Gasteiger partial charge is 0.520 e. The monoisotopic (exact) mass is 373 g/mol. The molecule has 23 heavy (non-hydrogen) atoms. The second-order valence-electron chi connectivity index (χ2n) is 10.2. The molecule has 0 aromatic carbocycles. The lowest BCUT2D eigenvalue weighted by molar-refractivity contribution is -0.141. The molecule has 3 nitrogen and oxygen atoms in total. The Hall–Kier alpha value is 0.0806. The van der Waals surface area contributed by atoms with E-state index < -0.39 is 24.8 Å². The number of rotatable bonds is 6. The maximum atomic E-state index is 12.3. The number of hydrogen-bond donors (Lipinski definition) is 0. The molecule has 1 aliphatic carbocycles. The maximum absolute atomic E-state index is 12.3. The molecule has 1 saturated carbocycles. The van der Waals surface area contributed by atoms with Crippen LogP contribution >= 0.6 is 0 Å². The van der Waals surface area contributed by atoms with Crippen molar-refractivity contribution >= 4 is 30.8 Å². The molecule has 0 aliphatic heterocycles. The molecule has 136 valence electrons. The Morgan fingerprint density at radius 3 is 1.65 bits per heavy atom. The molecule has 0 amide bonds. The Kier molecular flexibility index (Phi) is 6.92. The Morgan fingerprint density at radius 2 is 1.30 bits per heavy atom. The minimum atomic E-state index is -1.74. The normalized spacial score (nSPS) is 23.9. The van der Waals surface area contributed by atoms with Crippen molar-refractivity contribution in [3.63, 3.8) is 0 Å². The summed E-state index contributed by atoms with van der Waals surface area (Å²) in [6.45, 7) is 22.4. The van der Waals surface area contributed by atoms with E-state index in [-0.39, 0.29) is 11.9 Å². The van der Waals surface area contributed by atoms with Crippen LogP contribution in [0.1, 0.15) is 25.7 Å². The number of carbonyl (C=O) groups excluding carboxylic acids is 1. The lowest BCUT2D eigenvalue weighted by Crippen LogP contribution is -2.60. The lowest BCUT2D eigenvalue weighted by atomic mass is 9.82. The third kappa shape index (κ3) is 7.23. The average Bonchev–Trinajstić information content (AvgIpc) is 2.31. The maximum Gasteiger partial charge on any atom is 0.295 e. The number of hydrogen-bond acceptors (Lipinski definition) is 3. The summed E-state index contributed by atoms with van der Waals surface area (Å²) in [5.74, 6) is 1.00. The fourth-order valence-corrected chi connectivity index (χ4v) is 14.2. The molecule has 0 saturated heterocycles. The first-order chi connectivity index (χ1) is 10.2. The van der Waals surface area contributed by atoms with Gasteiger partial charge < -0.3 is 8.66 Å². The molecule has 0 aromatic rings. The van der Waals surface area contributed by atoms with Crippen molar-refractivity contribution in [1.29, 1.82) is 0 Å². The van der Waals surface area contributed by atoms with Crippen molar-refractivity contribution in [2.75, 3.05) is 6.54 Å². The predicted molar refractivity (Wildman–Crippen MR) is 108 cm³/mol. The fourth-order valence-electron chi connectivity index (χ4n) is 3.78. The van der Waals surface area contributed by atoms with Crippen LogP contribution in [-0.2, 0) is 9.22 Å². The second kappa shape index (κ2) is 7.54. The molecule has 0 aromatic heterocycles. The van der Waals surface area contributed by atoms with E-state index in [0.29, 0.717) is 0 Å². The SMILES string of the molecule is C[Si](C)(C)OC(=O)C1CCC(CN([Si](C)(C)C)[Si](C)(C)C)CC1. The van der Waals surface area contributed by atoms with E-state index in [1.165, 1.54) is 19.4 Å². The summed E-state index contributed by atoms with van der Waals surface area (Å²) < 4.78 is 8.60. The molecular formula is C17H39NO2Si3. The summed E-state index contributed by atoms with van der Waals surface area (Å²) in [7, 11) is -4.28. The standard InChI is InChI=1S/C17H39NO2Si3/c1-21(2,3)18(22(4,5)6)14-15-10-12-16(13-11-15)17(19)20-23(7,8)9/h15-16H,10-14H2,1-9H3. The van der Waals surface area contributed by atoms with E-state index >= 15 is 0 Å². The van der Waals surface area contributed by atoms with Gasteiger partial charge in [-0.3, -0.25) is 4.79 Å². The van der Waals surface area contributed by atoms with E-state index in [2.05, 4.69) is 63.2 Å². The Labute approximate surface area is 147 Å². The van der Waals surface area contributed by atoms with Gasteiger partial charge in [0.2, 0.25) is 8.32 Å². The van der Waals surface area contributed by atoms with Gasteiger partial charge in [-0.25, -0.2) is 0 Å². The molecule has 0 unspecified atom stereocenters. The Morgan fingerprint density at radius 1 is 0.870 bits per heavy atom. The molecule has 1 aliphatic rings. The van der Waals surface area contributed by atoms with E-state index in [1.54, 1.807) is 0 Å². The molecule has 1 rings (SSSR count). The summed E-state index contributed by atoms with van der Waals surface area (Å²) >= 11 is 0.